The van der Waals surface area contributed by atoms with Crippen molar-refractivity contribution in [3.63, 3.8) is 0 Å². The number of alkyl halides is 3. The maximum Gasteiger partial charge on any atom is 0.405 e. The topological polar surface area (TPSA) is 107 Å². The van der Waals surface area contributed by atoms with E-state index in [1.165, 1.54) is 24.4 Å². The van der Waals surface area contributed by atoms with Crippen molar-refractivity contribution < 1.29 is 32.3 Å². The zero-order chi connectivity index (χ0) is 25.8. The van der Waals surface area contributed by atoms with Crippen LogP contribution in [-0.2, 0) is 6.42 Å². The van der Waals surface area contributed by atoms with Gasteiger partial charge in [-0.05, 0) is 49.8 Å². The van der Waals surface area contributed by atoms with Crippen LogP contribution in [0.5, 0.6) is 5.75 Å². The smallest absolute Gasteiger partial charge is 0.405 e. The van der Waals surface area contributed by atoms with Crippen LogP contribution in [0.3, 0.4) is 0 Å². The van der Waals surface area contributed by atoms with Crippen molar-refractivity contribution in [1.29, 1.82) is 0 Å². The SMILES string of the molecule is CN(C)CCNC(=O)c1nc(C(=O)NCC(F)(F)F)c2cc(Cc3ccc(F)cc3)cnc2c1O. The van der Waals surface area contributed by atoms with Crippen LogP contribution in [0.15, 0.2) is 36.5 Å². The van der Waals surface area contributed by atoms with Crippen LogP contribution in [0, 0.1) is 5.82 Å². The molecule has 0 saturated heterocycles. The molecule has 0 unspecified atom stereocenters. The van der Waals surface area contributed by atoms with Crippen molar-refractivity contribution in [1.82, 2.24) is 25.5 Å². The number of hydrogen-bond donors (Lipinski definition) is 3. The highest BCUT2D eigenvalue weighted by molar-refractivity contribution is 6.09. The Hall–Kier alpha value is -3.80. The molecular weight excluding hydrogens is 470 g/mol. The monoisotopic (exact) mass is 493 g/mol. The van der Waals surface area contributed by atoms with Crippen LogP contribution in [0.1, 0.15) is 32.1 Å². The van der Waals surface area contributed by atoms with Crippen LogP contribution in [0.4, 0.5) is 17.6 Å². The highest BCUT2D eigenvalue weighted by Crippen LogP contribution is 2.29. The number of benzene rings is 1. The van der Waals surface area contributed by atoms with E-state index in [-0.39, 0.29) is 23.9 Å². The molecule has 12 heteroatoms. The molecule has 0 fully saturated rings. The minimum Gasteiger partial charge on any atom is -0.504 e. The molecule has 3 N–H and O–H groups in total. The summed E-state index contributed by atoms with van der Waals surface area (Å²) >= 11 is 0. The molecule has 2 heterocycles. The molecule has 1 aromatic carbocycles. The van der Waals surface area contributed by atoms with Crippen molar-refractivity contribution in [2.75, 3.05) is 33.7 Å². The average Bonchev–Trinajstić information content (AvgIpc) is 2.78. The van der Waals surface area contributed by atoms with Gasteiger partial charge in [0.2, 0.25) is 0 Å². The van der Waals surface area contributed by atoms with Crippen LogP contribution in [0.25, 0.3) is 10.9 Å². The van der Waals surface area contributed by atoms with Gasteiger partial charge in [-0.15, -0.1) is 0 Å². The van der Waals surface area contributed by atoms with Gasteiger partial charge in [-0.25, -0.2) is 9.37 Å². The molecule has 0 aliphatic rings. The number of rotatable bonds is 8. The average molecular weight is 493 g/mol. The first-order valence-corrected chi connectivity index (χ1v) is 10.5. The Labute approximate surface area is 198 Å². The van der Waals surface area contributed by atoms with Crippen LogP contribution < -0.4 is 10.6 Å². The molecule has 0 aliphatic heterocycles. The number of aromatic nitrogens is 2. The van der Waals surface area contributed by atoms with Crippen molar-refractivity contribution in [2.24, 2.45) is 0 Å². The van der Waals surface area contributed by atoms with E-state index in [1.807, 2.05) is 0 Å². The molecule has 186 valence electrons. The number of carbonyl (C=O) groups is 2. The second kappa shape index (κ2) is 10.6. The minimum absolute atomic E-state index is 0.0355. The fourth-order valence-corrected chi connectivity index (χ4v) is 3.22. The highest BCUT2D eigenvalue weighted by atomic mass is 19.4. The maximum absolute atomic E-state index is 13.2. The van der Waals surface area contributed by atoms with E-state index >= 15 is 0 Å². The molecule has 0 radical (unpaired) electrons. The van der Waals surface area contributed by atoms with Gasteiger partial charge in [-0.1, -0.05) is 12.1 Å². The molecule has 35 heavy (non-hydrogen) atoms. The number of pyridine rings is 2. The number of amides is 2. The number of aromatic hydroxyl groups is 1. The zero-order valence-electron chi connectivity index (χ0n) is 18.9. The third kappa shape index (κ3) is 6.85. The quantitative estimate of drug-likeness (QED) is 0.417. The van der Waals surface area contributed by atoms with Gasteiger partial charge < -0.3 is 20.6 Å². The molecule has 2 aromatic heterocycles. The number of likely N-dealkylation sites (N-methyl/N-ethyl adjacent to an activating group) is 1. The molecule has 3 rings (SSSR count). The van der Waals surface area contributed by atoms with Crippen molar-refractivity contribution in [3.05, 3.63) is 64.9 Å². The standard InChI is InChI=1S/C23H23F4N5O3/c1-32(2)8-7-28-22(35)19-20(33)17-16(18(31-19)21(34)30-12-23(25,26)27)10-14(11-29-17)9-13-3-5-15(24)6-4-13/h3-6,10-11,33H,7-9,12H2,1-2H3,(H,28,35)(H,30,34). The predicted molar refractivity (Wildman–Crippen MR) is 120 cm³/mol. The number of halogens is 4. The Morgan fingerprint density at radius 3 is 2.31 bits per heavy atom. The Morgan fingerprint density at radius 2 is 1.69 bits per heavy atom. The van der Waals surface area contributed by atoms with Gasteiger partial charge in [0.25, 0.3) is 11.8 Å². The van der Waals surface area contributed by atoms with E-state index in [1.54, 1.807) is 36.4 Å². The largest absolute Gasteiger partial charge is 0.504 e. The Bertz CT molecular complexity index is 1230. The number of nitrogens with one attached hydrogen (secondary N) is 2. The lowest BCUT2D eigenvalue weighted by Gasteiger charge is -2.14. The first kappa shape index (κ1) is 25.8. The normalized spacial score (nSPS) is 11.6. The summed E-state index contributed by atoms with van der Waals surface area (Å²) in [4.78, 5) is 35.1. The first-order valence-electron chi connectivity index (χ1n) is 10.5. The van der Waals surface area contributed by atoms with E-state index in [2.05, 4.69) is 15.3 Å². The van der Waals surface area contributed by atoms with Crippen molar-refractivity contribution in [2.45, 2.75) is 12.6 Å². The van der Waals surface area contributed by atoms with E-state index in [4.69, 9.17) is 0 Å². The van der Waals surface area contributed by atoms with Gasteiger partial charge in [0, 0.05) is 24.7 Å². The Balaban J connectivity index is 2.03. The van der Waals surface area contributed by atoms with Gasteiger partial charge in [0.1, 0.15) is 23.6 Å². The lowest BCUT2D eigenvalue weighted by atomic mass is 10.0. The molecule has 0 spiro atoms. The number of carbonyl (C=O) groups excluding carboxylic acids is 2. The van der Waals surface area contributed by atoms with Crippen LogP contribution >= 0.6 is 0 Å². The molecule has 0 aliphatic carbocycles. The van der Waals surface area contributed by atoms with E-state index in [0.717, 1.165) is 0 Å². The van der Waals surface area contributed by atoms with E-state index in [0.29, 0.717) is 17.7 Å². The predicted octanol–water partition coefficient (Wildman–Crippen LogP) is 2.65. The third-order valence-corrected chi connectivity index (χ3v) is 4.92. The molecule has 0 atom stereocenters. The second-order valence-corrected chi connectivity index (χ2v) is 8.06. The summed E-state index contributed by atoms with van der Waals surface area (Å²) in [5, 5.41) is 14.9. The summed E-state index contributed by atoms with van der Waals surface area (Å²) in [6, 6.07) is 7.08. The minimum atomic E-state index is -4.67. The van der Waals surface area contributed by atoms with Crippen LogP contribution in [0.2, 0.25) is 0 Å². The maximum atomic E-state index is 13.2. The Morgan fingerprint density at radius 1 is 1.03 bits per heavy atom. The highest BCUT2D eigenvalue weighted by Gasteiger charge is 2.30. The summed E-state index contributed by atoms with van der Waals surface area (Å²) in [5.41, 5.74) is 0.0429. The second-order valence-electron chi connectivity index (χ2n) is 8.06. The number of nitrogens with zero attached hydrogens (tertiary/aromatic N) is 3. The summed E-state index contributed by atoms with van der Waals surface area (Å²) in [6.45, 7) is -0.933. The summed E-state index contributed by atoms with van der Waals surface area (Å²) < 4.78 is 51.2. The van der Waals surface area contributed by atoms with Gasteiger partial charge in [0.05, 0.1) is 0 Å². The summed E-state index contributed by atoms with van der Waals surface area (Å²) in [5.74, 6) is -3.02. The van der Waals surface area contributed by atoms with E-state index in [9.17, 15) is 32.3 Å². The number of fused-ring (bicyclic) bond motifs is 1. The molecular formula is C23H23F4N5O3. The van der Waals surface area contributed by atoms with Gasteiger partial charge in [-0.2, -0.15) is 13.2 Å². The van der Waals surface area contributed by atoms with E-state index < -0.39 is 47.5 Å². The fraction of sp³-hybridized carbons (Fsp3) is 0.304. The summed E-state index contributed by atoms with van der Waals surface area (Å²) in [7, 11) is 3.57. The molecule has 0 saturated carbocycles. The lowest BCUT2D eigenvalue weighted by Crippen LogP contribution is -2.35. The summed E-state index contributed by atoms with van der Waals surface area (Å²) in [6.07, 6.45) is -3.02. The Kier molecular flexibility index (Phi) is 7.85. The molecule has 0 bridgehead atoms. The van der Waals surface area contributed by atoms with Crippen molar-refractivity contribution in [3.8, 4) is 5.75 Å². The van der Waals surface area contributed by atoms with Gasteiger partial charge in [0.15, 0.2) is 11.4 Å². The molecule has 8 nitrogen and oxygen atoms in total. The third-order valence-electron chi connectivity index (χ3n) is 4.92. The lowest BCUT2D eigenvalue weighted by molar-refractivity contribution is -0.123. The molecule has 2 amide bonds. The number of hydrogen-bond acceptors (Lipinski definition) is 6. The van der Waals surface area contributed by atoms with Gasteiger partial charge >= 0.3 is 6.18 Å². The first-order chi connectivity index (χ1) is 16.4. The molecule has 3 aromatic rings. The van der Waals surface area contributed by atoms with Gasteiger partial charge in [-0.3, -0.25) is 14.6 Å². The zero-order valence-corrected chi connectivity index (χ0v) is 18.9. The van der Waals surface area contributed by atoms with Crippen molar-refractivity contribution >= 4 is 22.7 Å². The fourth-order valence-electron chi connectivity index (χ4n) is 3.22. The van der Waals surface area contributed by atoms with Crippen LogP contribution in [-0.4, -0.2) is 71.7 Å².